The molecular weight excluding hydrogens is 304 g/mol. The number of hydrogen-bond acceptors (Lipinski definition) is 4. The summed E-state index contributed by atoms with van der Waals surface area (Å²) in [5.41, 5.74) is 0. The van der Waals surface area contributed by atoms with Crippen molar-refractivity contribution in [1.29, 1.82) is 0 Å². The molecule has 0 atom stereocenters. The van der Waals surface area contributed by atoms with Crippen molar-refractivity contribution >= 4 is 21.7 Å². The first-order valence-electron chi connectivity index (χ1n) is 7.75. The number of carbonyl (C=O) groups excluding carboxylic acids is 1. The molecule has 1 aliphatic heterocycles. The Labute approximate surface area is 133 Å². The van der Waals surface area contributed by atoms with E-state index in [1.54, 1.807) is 13.8 Å². The van der Waals surface area contributed by atoms with Crippen LogP contribution in [-0.4, -0.2) is 68.4 Å². The quantitative estimate of drug-likeness (QED) is 0.546. The van der Waals surface area contributed by atoms with Gasteiger partial charge in [0.15, 0.2) is 15.8 Å². The number of guanidine groups is 1. The topological polar surface area (TPSA) is 90.9 Å². The van der Waals surface area contributed by atoms with Crippen molar-refractivity contribution in [2.75, 3.05) is 38.5 Å². The zero-order valence-corrected chi connectivity index (χ0v) is 14.8. The van der Waals surface area contributed by atoms with Gasteiger partial charge in [-0.15, -0.1) is 0 Å². The van der Waals surface area contributed by atoms with Gasteiger partial charge in [-0.2, -0.15) is 0 Å². The highest BCUT2D eigenvalue weighted by atomic mass is 32.2. The maximum atomic E-state index is 12.1. The van der Waals surface area contributed by atoms with Crippen molar-refractivity contribution < 1.29 is 13.2 Å². The third-order valence-electron chi connectivity index (χ3n) is 3.62. The second-order valence-electron chi connectivity index (χ2n) is 6.02. The standard InChI is InChI=1S/C14H28N4O3S/c1-5-7-16-12(19)10-17-13(15-6-2)18-8-9-22(20,21)14(3,4)11-18/h5-11H2,1-4H3,(H,15,17)(H,16,19). The lowest BCUT2D eigenvalue weighted by atomic mass is 10.2. The number of amides is 1. The summed E-state index contributed by atoms with van der Waals surface area (Å²) in [5, 5.41) is 5.90. The number of rotatable bonds is 5. The van der Waals surface area contributed by atoms with Gasteiger partial charge in [-0.25, -0.2) is 13.4 Å². The van der Waals surface area contributed by atoms with E-state index in [0.717, 1.165) is 6.42 Å². The number of hydrogen-bond donors (Lipinski definition) is 2. The minimum atomic E-state index is -3.09. The van der Waals surface area contributed by atoms with E-state index in [-0.39, 0.29) is 18.2 Å². The van der Waals surface area contributed by atoms with Crippen LogP contribution in [-0.2, 0) is 14.6 Å². The fourth-order valence-corrected chi connectivity index (χ4v) is 3.58. The minimum Gasteiger partial charge on any atom is -0.357 e. The summed E-state index contributed by atoms with van der Waals surface area (Å²) in [4.78, 5) is 17.9. The average molecular weight is 332 g/mol. The van der Waals surface area contributed by atoms with Gasteiger partial charge in [-0.1, -0.05) is 6.92 Å². The Kier molecular flexibility index (Phi) is 6.65. The second kappa shape index (κ2) is 7.80. The summed E-state index contributed by atoms with van der Waals surface area (Å²) >= 11 is 0. The average Bonchev–Trinajstić information content (AvgIpc) is 2.44. The largest absolute Gasteiger partial charge is 0.357 e. The Morgan fingerprint density at radius 3 is 2.50 bits per heavy atom. The van der Waals surface area contributed by atoms with Gasteiger partial charge in [0.1, 0.15) is 6.54 Å². The van der Waals surface area contributed by atoms with Gasteiger partial charge >= 0.3 is 0 Å². The number of nitrogens with zero attached hydrogens (tertiary/aromatic N) is 2. The number of nitrogens with one attached hydrogen (secondary N) is 2. The number of sulfone groups is 1. The summed E-state index contributed by atoms with van der Waals surface area (Å²) in [6, 6.07) is 0. The van der Waals surface area contributed by atoms with Crippen molar-refractivity contribution in [3.05, 3.63) is 0 Å². The van der Waals surface area contributed by atoms with Gasteiger partial charge in [0, 0.05) is 26.2 Å². The summed E-state index contributed by atoms with van der Waals surface area (Å²) < 4.78 is 23.3. The van der Waals surface area contributed by atoms with Gasteiger partial charge in [0.25, 0.3) is 0 Å². The van der Waals surface area contributed by atoms with E-state index < -0.39 is 14.6 Å². The van der Waals surface area contributed by atoms with Gasteiger partial charge in [-0.3, -0.25) is 4.79 Å². The van der Waals surface area contributed by atoms with Gasteiger partial charge in [0.05, 0.1) is 10.5 Å². The summed E-state index contributed by atoms with van der Waals surface area (Å²) in [5.74, 6) is 0.574. The molecule has 0 unspecified atom stereocenters. The summed E-state index contributed by atoms with van der Waals surface area (Å²) in [7, 11) is -3.09. The van der Waals surface area contributed by atoms with Crippen LogP contribution in [0, 0.1) is 0 Å². The zero-order valence-electron chi connectivity index (χ0n) is 14.0. The van der Waals surface area contributed by atoms with Crippen molar-refractivity contribution in [2.45, 2.75) is 38.9 Å². The van der Waals surface area contributed by atoms with E-state index in [4.69, 9.17) is 0 Å². The van der Waals surface area contributed by atoms with E-state index >= 15 is 0 Å². The molecule has 1 heterocycles. The monoisotopic (exact) mass is 332 g/mol. The summed E-state index contributed by atoms with van der Waals surface area (Å²) in [6.07, 6.45) is 0.883. The van der Waals surface area contributed by atoms with Crippen LogP contribution in [0.25, 0.3) is 0 Å². The van der Waals surface area contributed by atoms with Crippen LogP contribution in [0.4, 0.5) is 0 Å². The Hall–Kier alpha value is -1.31. The first-order chi connectivity index (χ1) is 10.2. The maximum absolute atomic E-state index is 12.1. The maximum Gasteiger partial charge on any atom is 0.241 e. The van der Waals surface area contributed by atoms with Crippen molar-refractivity contribution in [2.24, 2.45) is 4.99 Å². The van der Waals surface area contributed by atoms with Crippen LogP contribution in [0.15, 0.2) is 4.99 Å². The normalized spacial score (nSPS) is 20.5. The van der Waals surface area contributed by atoms with E-state index in [1.165, 1.54) is 0 Å². The Morgan fingerprint density at radius 1 is 1.27 bits per heavy atom. The molecule has 1 fully saturated rings. The van der Waals surface area contributed by atoms with Crippen molar-refractivity contribution in [3.63, 3.8) is 0 Å². The molecule has 1 amide bonds. The predicted molar refractivity (Wildman–Crippen MR) is 88.7 cm³/mol. The molecule has 1 saturated heterocycles. The Bertz CT molecular complexity index is 514. The van der Waals surface area contributed by atoms with Crippen LogP contribution in [0.5, 0.6) is 0 Å². The van der Waals surface area contributed by atoms with E-state index in [9.17, 15) is 13.2 Å². The highest BCUT2D eigenvalue weighted by molar-refractivity contribution is 7.92. The molecule has 0 spiro atoms. The molecule has 1 rings (SSSR count). The molecule has 22 heavy (non-hydrogen) atoms. The zero-order chi connectivity index (χ0) is 16.8. The molecule has 0 saturated carbocycles. The first kappa shape index (κ1) is 18.7. The molecule has 0 bridgehead atoms. The fourth-order valence-electron chi connectivity index (χ4n) is 2.22. The SMILES string of the molecule is CCCNC(=O)CN=C(NCC)N1CCS(=O)(=O)C(C)(C)C1. The molecule has 0 aromatic heterocycles. The van der Waals surface area contributed by atoms with Gasteiger partial charge in [0.2, 0.25) is 5.91 Å². The molecule has 0 aliphatic carbocycles. The van der Waals surface area contributed by atoms with Gasteiger partial charge < -0.3 is 15.5 Å². The third kappa shape index (κ3) is 4.86. The highest BCUT2D eigenvalue weighted by Gasteiger charge is 2.40. The molecular formula is C14H28N4O3S. The van der Waals surface area contributed by atoms with Crippen LogP contribution < -0.4 is 10.6 Å². The molecule has 0 aromatic rings. The lowest BCUT2D eigenvalue weighted by Crippen LogP contribution is -2.57. The van der Waals surface area contributed by atoms with Gasteiger partial charge in [-0.05, 0) is 27.2 Å². The molecule has 0 aromatic carbocycles. The predicted octanol–water partition coefficient (Wildman–Crippen LogP) is -0.0129. The molecule has 1 aliphatic rings. The summed E-state index contributed by atoms with van der Waals surface area (Å²) in [6.45, 7) is 9.51. The van der Waals surface area contributed by atoms with Crippen LogP contribution >= 0.6 is 0 Å². The third-order valence-corrected chi connectivity index (χ3v) is 6.16. The lowest BCUT2D eigenvalue weighted by molar-refractivity contribution is -0.119. The molecule has 7 nitrogen and oxygen atoms in total. The Morgan fingerprint density at radius 2 is 1.95 bits per heavy atom. The Balaban J connectivity index is 2.77. The van der Waals surface area contributed by atoms with E-state index in [0.29, 0.717) is 32.1 Å². The molecule has 0 radical (unpaired) electrons. The van der Waals surface area contributed by atoms with Crippen molar-refractivity contribution in [1.82, 2.24) is 15.5 Å². The smallest absolute Gasteiger partial charge is 0.241 e. The minimum absolute atomic E-state index is 0.0476. The van der Waals surface area contributed by atoms with Crippen LogP contribution in [0.1, 0.15) is 34.1 Å². The first-order valence-corrected chi connectivity index (χ1v) is 9.41. The molecule has 128 valence electrons. The van der Waals surface area contributed by atoms with Crippen molar-refractivity contribution in [3.8, 4) is 0 Å². The van der Waals surface area contributed by atoms with E-state index in [2.05, 4.69) is 15.6 Å². The van der Waals surface area contributed by atoms with Crippen LogP contribution in [0.3, 0.4) is 0 Å². The van der Waals surface area contributed by atoms with E-state index in [1.807, 2.05) is 18.7 Å². The lowest BCUT2D eigenvalue weighted by Gasteiger charge is -2.39. The fraction of sp³-hybridized carbons (Fsp3) is 0.857. The van der Waals surface area contributed by atoms with Crippen LogP contribution in [0.2, 0.25) is 0 Å². The highest BCUT2D eigenvalue weighted by Crippen LogP contribution is 2.23. The molecule has 2 N–H and O–H groups in total. The molecule has 8 heteroatoms. The second-order valence-corrected chi connectivity index (χ2v) is 8.76. The number of carbonyl (C=O) groups is 1. The number of aliphatic imine (C=N–C) groups is 1.